The van der Waals surface area contributed by atoms with Gasteiger partial charge in [-0.25, -0.2) is 0 Å². The van der Waals surface area contributed by atoms with Crippen molar-refractivity contribution in [1.82, 2.24) is 4.90 Å². The molecule has 4 nitrogen and oxygen atoms in total. The quantitative estimate of drug-likeness (QED) is 0.512. The van der Waals surface area contributed by atoms with Gasteiger partial charge in [0.05, 0.1) is 7.11 Å². The maximum absolute atomic E-state index is 11.4. The highest BCUT2D eigenvalue weighted by Gasteiger charge is 2.19. The summed E-state index contributed by atoms with van der Waals surface area (Å²) in [6.07, 6.45) is 5.68. The summed E-state index contributed by atoms with van der Waals surface area (Å²) in [7, 11) is 1.40. The van der Waals surface area contributed by atoms with E-state index >= 15 is 0 Å². The first-order valence-corrected chi connectivity index (χ1v) is 5.69. The highest BCUT2D eigenvalue weighted by molar-refractivity contribution is 5.82. The molecule has 0 aromatic rings. The summed E-state index contributed by atoms with van der Waals surface area (Å²) >= 11 is 0. The molecule has 0 N–H and O–H groups in total. The summed E-state index contributed by atoms with van der Waals surface area (Å²) in [6.45, 7) is 2.72. The van der Waals surface area contributed by atoms with Gasteiger partial charge in [-0.3, -0.25) is 9.59 Å². The Bertz CT molecular complexity index is 297. The van der Waals surface area contributed by atoms with Gasteiger partial charge in [0.15, 0.2) is 0 Å². The molecule has 0 saturated carbocycles. The van der Waals surface area contributed by atoms with Crippen molar-refractivity contribution in [2.24, 2.45) is 0 Å². The Balaban J connectivity index is 2.09. The lowest BCUT2D eigenvalue weighted by molar-refractivity contribution is -0.140. The van der Waals surface area contributed by atoms with E-state index in [4.69, 9.17) is 0 Å². The number of amides is 1. The van der Waals surface area contributed by atoms with E-state index in [2.05, 4.69) is 4.74 Å². The Morgan fingerprint density at radius 2 is 2.19 bits per heavy atom. The summed E-state index contributed by atoms with van der Waals surface area (Å²) in [6, 6.07) is 0. The number of hydrogen-bond donors (Lipinski definition) is 0. The summed E-state index contributed by atoms with van der Waals surface area (Å²) in [5, 5.41) is 0. The molecule has 1 amide bonds. The van der Waals surface area contributed by atoms with Crippen molar-refractivity contribution in [1.29, 1.82) is 0 Å². The summed E-state index contributed by atoms with van der Waals surface area (Å²) < 4.78 is 4.55. The third-order valence-corrected chi connectivity index (χ3v) is 2.79. The molecule has 0 spiro atoms. The van der Waals surface area contributed by atoms with Gasteiger partial charge in [-0.15, -0.1) is 0 Å². The van der Waals surface area contributed by atoms with Crippen molar-refractivity contribution < 1.29 is 14.3 Å². The molecule has 0 fully saturated rings. The van der Waals surface area contributed by atoms with Gasteiger partial charge in [-0.1, -0.05) is 12.5 Å². The first-order valence-electron chi connectivity index (χ1n) is 5.69. The Labute approximate surface area is 96.3 Å². The zero-order valence-corrected chi connectivity index (χ0v) is 9.99. The van der Waals surface area contributed by atoms with Gasteiger partial charge in [0.1, 0.15) is 0 Å². The molecule has 0 aromatic heterocycles. The molecule has 4 heteroatoms. The molecule has 1 aliphatic rings. The minimum absolute atomic E-state index is 0.159. The second-order valence-corrected chi connectivity index (χ2v) is 3.98. The predicted molar refractivity (Wildman–Crippen MR) is 60.6 cm³/mol. The third kappa shape index (κ3) is 3.68. The standard InChI is InChI=1S/C12H19NO3/c1-10-7-8-11(14)13(10)9-5-3-4-6-12(15)16-2/h7H,3-6,8-9H2,1-2H3. The van der Waals surface area contributed by atoms with Crippen LogP contribution in [0.15, 0.2) is 11.8 Å². The van der Waals surface area contributed by atoms with E-state index in [0.29, 0.717) is 12.8 Å². The molecule has 0 radical (unpaired) electrons. The van der Waals surface area contributed by atoms with E-state index in [-0.39, 0.29) is 11.9 Å². The van der Waals surface area contributed by atoms with Crippen molar-refractivity contribution in [3.8, 4) is 0 Å². The highest BCUT2D eigenvalue weighted by Crippen LogP contribution is 2.16. The predicted octanol–water partition coefficient (Wildman–Crippen LogP) is 1.86. The van der Waals surface area contributed by atoms with Gasteiger partial charge < -0.3 is 9.64 Å². The van der Waals surface area contributed by atoms with E-state index in [0.717, 1.165) is 31.5 Å². The lowest BCUT2D eigenvalue weighted by atomic mass is 10.2. The van der Waals surface area contributed by atoms with Crippen LogP contribution >= 0.6 is 0 Å². The Morgan fingerprint density at radius 3 is 2.75 bits per heavy atom. The van der Waals surface area contributed by atoms with Crippen LogP contribution in [-0.4, -0.2) is 30.4 Å². The normalized spacial score (nSPS) is 15.2. The number of methoxy groups -OCH3 is 1. The maximum Gasteiger partial charge on any atom is 0.305 e. The largest absolute Gasteiger partial charge is 0.469 e. The Hall–Kier alpha value is -1.32. The van der Waals surface area contributed by atoms with Crippen molar-refractivity contribution in [2.75, 3.05) is 13.7 Å². The van der Waals surface area contributed by atoms with Crippen LogP contribution in [0.3, 0.4) is 0 Å². The number of esters is 1. The molecule has 0 aromatic carbocycles. The monoisotopic (exact) mass is 225 g/mol. The van der Waals surface area contributed by atoms with Crippen molar-refractivity contribution in [3.05, 3.63) is 11.8 Å². The highest BCUT2D eigenvalue weighted by atomic mass is 16.5. The maximum atomic E-state index is 11.4. The van der Waals surface area contributed by atoms with Crippen molar-refractivity contribution >= 4 is 11.9 Å². The topological polar surface area (TPSA) is 46.6 Å². The average molecular weight is 225 g/mol. The number of rotatable bonds is 6. The summed E-state index contributed by atoms with van der Waals surface area (Å²) in [4.78, 5) is 24.1. The number of carbonyl (C=O) groups excluding carboxylic acids is 2. The molecular formula is C12H19NO3. The molecular weight excluding hydrogens is 206 g/mol. The minimum Gasteiger partial charge on any atom is -0.469 e. The van der Waals surface area contributed by atoms with Crippen LogP contribution in [0.2, 0.25) is 0 Å². The molecule has 1 rings (SSSR count). The summed E-state index contributed by atoms with van der Waals surface area (Å²) in [5.74, 6) is 0.0267. The Kier molecular flexibility index (Phi) is 5.02. The number of hydrogen-bond acceptors (Lipinski definition) is 3. The molecule has 1 aliphatic heterocycles. The van der Waals surface area contributed by atoms with E-state index in [1.54, 1.807) is 0 Å². The molecule has 90 valence electrons. The molecule has 0 saturated heterocycles. The number of unbranched alkanes of at least 4 members (excludes halogenated alkanes) is 2. The SMILES string of the molecule is COC(=O)CCCCCN1C(=O)CC=C1C. The van der Waals surface area contributed by atoms with Crippen LogP contribution in [0.4, 0.5) is 0 Å². The molecule has 0 atom stereocenters. The smallest absolute Gasteiger partial charge is 0.305 e. The van der Waals surface area contributed by atoms with Crippen LogP contribution in [-0.2, 0) is 14.3 Å². The molecule has 1 heterocycles. The number of allylic oxidation sites excluding steroid dienone is 1. The van der Waals surface area contributed by atoms with Crippen molar-refractivity contribution in [2.45, 2.75) is 39.0 Å². The van der Waals surface area contributed by atoms with Crippen LogP contribution in [0.1, 0.15) is 39.0 Å². The number of carbonyl (C=O) groups is 2. The van der Waals surface area contributed by atoms with Gasteiger partial charge in [0.25, 0.3) is 0 Å². The molecule has 0 aliphatic carbocycles. The molecule has 0 unspecified atom stereocenters. The van der Waals surface area contributed by atoms with Gasteiger partial charge in [-0.05, 0) is 19.8 Å². The van der Waals surface area contributed by atoms with Crippen molar-refractivity contribution in [3.63, 3.8) is 0 Å². The van der Waals surface area contributed by atoms with E-state index in [1.807, 2.05) is 17.9 Å². The fraction of sp³-hybridized carbons (Fsp3) is 0.667. The lowest BCUT2D eigenvalue weighted by Crippen LogP contribution is -2.25. The van der Waals surface area contributed by atoms with Gasteiger partial charge in [-0.2, -0.15) is 0 Å². The van der Waals surface area contributed by atoms with Crippen LogP contribution in [0.5, 0.6) is 0 Å². The van der Waals surface area contributed by atoms with Gasteiger partial charge in [0, 0.05) is 25.1 Å². The first kappa shape index (κ1) is 12.7. The fourth-order valence-corrected chi connectivity index (χ4v) is 1.77. The van der Waals surface area contributed by atoms with Gasteiger partial charge >= 0.3 is 5.97 Å². The zero-order valence-electron chi connectivity index (χ0n) is 9.99. The number of nitrogens with zero attached hydrogens (tertiary/aromatic N) is 1. The van der Waals surface area contributed by atoms with E-state index in [9.17, 15) is 9.59 Å². The first-order chi connectivity index (χ1) is 7.65. The minimum atomic E-state index is -0.159. The third-order valence-electron chi connectivity index (χ3n) is 2.79. The molecule has 16 heavy (non-hydrogen) atoms. The van der Waals surface area contributed by atoms with E-state index < -0.39 is 0 Å². The molecule has 0 bridgehead atoms. The van der Waals surface area contributed by atoms with Crippen LogP contribution in [0.25, 0.3) is 0 Å². The van der Waals surface area contributed by atoms with Gasteiger partial charge in [0.2, 0.25) is 5.91 Å². The van der Waals surface area contributed by atoms with Crippen LogP contribution in [0, 0.1) is 0 Å². The second kappa shape index (κ2) is 6.30. The fourth-order valence-electron chi connectivity index (χ4n) is 1.77. The summed E-state index contributed by atoms with van der Waals surface area (Å²) in [5.41, 5.74) is 1.05. The lowest BCUT2D eigenvalue weighted by Gasteiger charge is -2.17. The Morgan fingerprint density at radius 1 is 1.44 bits per heavy atom. The van der Waals surface area contributed by atoms with E-state index in [1.165, 1.54) is 7.11 Å². The van der Waals surface area contributed by atoms with Crippen LogP contribution < -0.4 is 0 Å². The second-order valence-electron chi connectivity index (χ2n) is 3.98. The zero-order chi connectivity index (χ0) is 12.0. The number of ether oxygens (including phenoxy) is 1. The average Bonchev–Trinajstić information content (AvgIpc) is 2.59.